The van der Waals surface area contributed by atoms with Gasteiger partial charge >= 0.3 is 0 Å². The summed E-state index contributed by atoms with van der Waals surface area (Å²) < 4.78 is 13.4. The number of nitrogens with one attached hydrogen (secondary N) is 1. The van der Waals surface area contributed by atoms with Gasteiger partial charge in [-0.2, -0.15) is 0 Å². The van der Waals surface area contributed by atoms with E-state index >= 15 is 0 Å². The van der Waals surface area contributed by atoms with Crippen molar-refractivity contribution in [2.75, 3.05) is 5.32 Å². The van der Waals surface area contributed by atoms with Crippen LogP contribution in [0.1, 0.15) is 10.6 Å². The molecule has 0 fully saturated rings. The van der Waals surface area contributed by atoms with E-state index in [1.54, 1.807) is 22.9 Å². The molecule has 0 radical (unpaired) electrons. The van der Waals surface area contributed by atoms with E-state index in [2.05, 4.69) is 10.3 Å². The van der Waals surface area contributed by atoms with Gasteiger partial charge in [-0.1, -0.05) is 11.6 Å². The fourth-order valence-electron chi connectivity index (χ4n) is 1.30. The number of anilines is 1. The zero-order valence-corrected chi connectivity index (χ0v) is 10.2. The first kappa shape index (κ1) is 11.4. The molecule has 16 heavy (non-hydrogen) atoms. The molecule has 0 unspecified atom stereocenters. The Balaban J connectivity index is 2.10. The van der Waals surface area contributed by atoms with E-state index in [0.29, 0.717) is 17.3 Å². The van der Waals surface area contributed by atoms with Crippen LogP contribution in [0.2, 0.25) is 5.02 Å². The van der Waals surface area contributed by atoms with Crippen LogP contribution in [0.4, 0.5) is 10.1 Å². The Morgan fingerprint density at radius 3 is 3.00 bits per heavy atom. The fraction of sp³-hybridized carbons (Fsp3) is 0.182. The Labute approximate surface area is 102 Å². The average molecular weight is 257 g/mol. The van der Waals surface area contributed by atoms with Gasteiger partial charge in [0.1, 0.15) is 5.82 Å². The van der Waals surface area contributed by atoms with Crippen LogP contribution >= 0.6 is 22.9 Å². The number of benzene rings is 1. The smallest absolute Gasteiger partial charge is 0.146 e. The van der Waals surface area contributed by atoms with Gasteiger partial charge < -0.3 is 5.32 Å². The molecule has 0 bridgehead atoms. The molecule has 1 heterocycles. The molecule has 5 heteroatoms. The second-order valence-electron chi connectivity index (χ2n) is 3.34. The number of hydrogen-bond acceptors (Lipinski definition) is 3. The fourth-order valence-corrected chi connectivity index (χ4v) is 2.19. The Morgan fingerprint density at radius 1 is 1.50 bits per heavy atom. The van der Waals surface area contributed by atoms with E-state index in [-0.39, 0.29) is 5.82 Å². The number of aryl methyl sites for hydroxylation is 1. The largest absolute Gasteiger partial charge is 0.378 e. The first-order chi connectivity index (χ1) is 7.66. The molecule has 1 aromatic heterocycles. The van der Waals surface area contributed by atoms with E-state index < -0.39 is 0 Å². The van der Waals surface area contributed by atoms with Crippen molar-refractivity contribution < 1.29 is 4.39 Å². The topological polar surface area (TPSA) is 24.9 Å². The highest BCUT2D eigenvalue weighted by molar-refractivity contribution is 7.09. The molecule has 0 atom stereocenters. The number of halogens is 2. The number of aromatic nitrogens is 1. The van der Waals surface area contributed by atoms with Crippen LogP contribution in [-0.2, 0) is 6.54 Å². The Kier molecular flexibility index (Phi) is 3.41. The third-order valence-electron chi connectivity index (χ3n) is 2.21. The molecule has 0 amide bonds. The van der Waals surface area contributed by atoms with E-state index in [1.807, 2.05) is 6.92 Å². The van der Waals surface area contributed by atoms with E-state index in [4.69, 9.17) is 11.6 Å². The second-order valence-corrected chi connectivity index (χ2v) is 4.71. The average Bonchev–Trinajstić information content (AvgIpc) is 2.66. The summed E-state index contributed by atoms with van der Waals surface area (Å²) in [6, 6.07) is 4.46. The SMILES string of the molecule is Cc1ncsc1CNc1cc(Cl)ccc1F. The molecule has 0 aliphatic rings. The van der Waals surface area contributed by atoms with Crippen LogP contribution in [0.15, 0.2) is 23.7 Å². The van der Waals surface area contributed by atoms with Gasteiger partial charge in [0, 0.05) is 9.90 Å². The van der Waals surface area contributed by atoms with Crippen LogP contribution in [0, 0.1) is 12.7 Å². The number of hydrogen-bond donors (Lipinski definition) is 1. The predicted molar refractivity (Wildman–Crippen MR) is 65.6 cm³/mol. The summed E-state index contributed by atoms with van der Waals surface area (Å²) in [5.41, 5.74) is 3.17. The third kappa shape index (κ3) is 2.51. The van der Waals surface area contributed by atoms with Crippen molar-refractivity contribution in [2.24, 2.45) is 0 Å². The van der Waals surface area contributed by atoms with Gasteiger partial charge in [-0.15, -0.1) is 11.3 Å². The standard InChI is InChI=1S/C11H10ClFN2S/c1-7-11(16-6-15-7)5-14-10-4-8(12)2-3-9(10)13/h2-4,6,14H,5H2,1H3. The predicted octanol–water partition coefficient (Wildman–Crippen LogP) is 3.86. The summed E-state index contributed by atoms with van der Waals surface area (Å²) in [7, 11) is 0. The number of nitrogens with zero attached hydrogens (tertiary/aromatic N) is 1. The molecule has 2 rings (SSSR count). The lowest BCUT2D eigenvalue weighted by Gasteiger charge is -2.06. The molecule has 1 aromatic carbocycles. The van der Waals surface area contributed by atoms with Crippen LogP contribution in [0.5, 0.6) is 0 Å². The van der Waals surface area contributed by atoms with Gasteiger partial charge in [-0.25, -0.2) is 9.37 Å². The van der Waals surface area contributed by atoms with Gasteiger partial charge in [-0.3, -0.25) is 0 Å². The minimum atomic E-state index is -0.299. The molecular formula is C11H10ClFN2S. The Bertz CT molecular complexity index is 498. The van der Waals surface area contributed by atoms with Crippen molar-refractivity contribution >= 4 is 28.6 Å². The summed E-state index contributed by atoms with van der Waals surface area (Å²) >= 11 is 7.34. The van der Waals surface area contributed by atoms with Crippen molar-refractivity contribution in [1.29, 1.82) is 0 Å². The van der Waals surface area contributed by atoms with Crippen molar-refractivity contribution in [1.82, 2.24) is 4.98 Å². The summed E-state index contributed by atoms with van der Waals surface area (Å²) in [4.78, 5) is 5.22. The van der Waals surface area contributed by atoms with Gasteiger partial charge in [0.05, 0.1) is 23.4 Å². The number of rotatable bonds is 3. The minimum Gasteiger partial charge on any atom is -0.378 e. The molecule has 2 nitrogen and oxygen atoms in total. The van der Waals surface area contributed by atoms with E-state index in [1.165, 1.54) is 12.1 Å². The lowest BCUT2D eigenvalue weighted by atomic mass is 10.3. The Morgan fingerprint density at radius 2 is 2.31 bits per heavy atom. The maximum absolute atomic E-state index is 13.4. The summed E-state index contributed by atoms with van der Waals surface area (Å²) in [6.45, 7) is 2.50. The molecule has 84 valence electrons. The Hall–Kier alpha value is -1.13. The molecule has 0 aliphatic heterocycles. The van der Waals surface area contributed by atoms with Gasteiger partial charge in [0.2, 0.25) is 0 Å². The molecule has 1 N–H and O–H groups in total. The first-order valence-corrected chi connectivity index (χ1v) is 6.00. The van der Waals surface area contributed by atoms with Gasteiger partial charge in [0.15, 0.2) is 0 Å². The summed E-state index contributed by atoms with van der Waals surface area (Å²) in [6.07, 6.45) is 0. The van der Waals surface area contributed by atoms with Crippen molar-refractivity contribution in [3.8, 4) is 0 Å². The molecule has 2 aromatic rings. The van der Waals surface area contributed by atoms with Crippen molar-refractivity contribution in [2.45, 2.75) is 13.5 Å². The maximum atomic E-state index is 13.4. The normalized spacial score (nSPS) is 10.4. The zero-order chi connectivity index (χ0) is 11.5. The van der Waals surface area contributed by atoms with E-state index in [9.17, 15) is 4.39 Å². The highest BCUT2D eigenvalue weighted by Gasteiger charge is 2.05. The van der Waals surface area contributed by atoms with Crippen LogP contribution in [0.25, 0.3) is 0 Å². The third-order valence-corrected chi connectivity index (χ3v) is 3.38. The summed E-state index contributed by atoms with van der Waals surface area (Å²) in [5, 5.41) is 3.53. The highest BCUT2D eigenvalue weighted by atomic mass is 35.5. The second kappa shape index (κ2) is 4.80. The first-order valence-electron chi connectivity index (χ1n) is 4.74. The van der Waals surface area contributed by atoms with Crippen LogP contribution in [0.3, 0.4) is 0 Å². The van der Waals surface area contributed by atoms with E-state index in [0.717, 1.165) is 10.6 Å². The lowest BCUT2D eigenvalue weighted by molar-refractivity contribution is 0.630. The molecule has 0 saturated carbocycles. The number of thiazole rings is 1. The minimum absolute atomic E-state index is 0.299. The van der Waals surface area contributed by atoms with Crippen LogP contribution < -0.4 is 5.32 Å². The quantitative estimate of drug-likeness (QED) is 0.902. The molecule has 0 saturated heterocycles. The van der Waals surface area contributed by atoms with Gasteiger partial charge in [0.25, 0.3) is 0 Å². The molecular weight excluding hydrogens is 247 g/mol. The van der Waals surface area contributed by atoms with Gasteiger partial charge in [-0.05, 0) is 25.1 Å². The van der Waals surface area contributed by atoms with Crippen molar-refractivity contribution in [3.63, 3.8) is 0 Å². The lowest BCUT2D eigenvalue weighted by Crippen LogP contribution is -2.01. The highest BCUT2D eigenvalue weighted by Crippen LogP contribution is 2.21. The zero-order valence-electron chi connectivity index (χ0n) is 8.63. The monoisotopic (exact) mass is 256 g/mol. The maximum Gasteiger partial charge on any atom is 0.146 e. The van der Waals surface area contributed by atoms with Crippen molar-refractivity contribution in [3.05, 3.63) is 45.1 Å². The summed E-state index contributed by atoms with van der Waals surface area (Å²) in [5.74, 6) is -0.299. The van der Waals surface area contributed by atoms with Crippen LogP contribution in [-0.4, -0.2) is 4.98 Å². The molecule has 0 aliphatic carbocycles. The molecule has 0 spiro atoms.